The minimum atomic E-state index is -0.866. The first kappa shape index (κ1) is 27.9. The number of aliphatic carboxylic acids is 1. The molecule has 1 aliphatic rings. The van der Waals surface area contributed by atoms with Crippen LogP contribution in [0, 0.1) is 5.92 Å². The van der Waals surface area contributed by atoms with Gasteiger partial charge in [-0.15, -0.1) is 0 Å². The Labute approximate surface area is 240 Å². The average molecular weight is 559 g/mol. The van der Waals surface area contributed by atoms with E-state index in [4.69, 9.17) is 16.0 Å². The van der Waals surface area contributed by atoms with Gasteiger partial charge in [0.15, 0.2) is 0 Å². The van der Waals surface area contributed by atoms with Crippen molar-refractivity contribution in [1.82, 2.24) is 4.90 Å². The van der Waals surface area contributed by atoms with Gasteiger partial charge in [0.2, 0.25) is 5.91 Å². The SMILES string of the molecule is CCCCN(C(=O)CN1CC(c2ccc3occc3c2)C(C(=O)O)C1c1ccc(CC)cc1)c1cccc(Cl)c1. The zero-order valence-corrected chi connectivity index (χ0v) is 23.7. The largest absolute Gasteiger partial charge is 0.481 e. The lowest BCUT2D eigenvalue weighted by molar-refractivity contribution is -0.143. The van der Waals surface area contributed by atoms with Crippen LogP contribution in [0.3, 0.4) is 0 Å². The molecule has 6 nitrogen and oxygen atoms in total. The number of anilines is 1. The fourth-order valence-electron chi connectivity index (χ4n) is 5.91. The van der Waals surface area contributed by atoms with E-state index in [0.717, 1.165) is 47.0 Å². The van der Waals surface area contributed by atoms with Gasteiger partial charge in [0, 0.05) is 41.1 Å². The van der Waals surface area contributed by atoms with Crippen molar-refractivity contribution >= 4 is 40.1 Å². The summed E-state index contributed by atoms with van der Waals surface area (Å²) in [5.41, 5.74) is 4.55. The van der Waals surface area contributed by atoms with Crippen molar-refractivity contribution < 1.29 is 19.1 Å². The average Bonchev–Trinajstić information content (AvgIpc) is 3.58. The minimum absolute atomic E-state index is 0.0685. The Bertz CT molecular complexity index is 1480. The number of carboxylic acids is 1. The number of carbonyl (C=O) groups is 2. The van der Waals surface area contributed by atoms with Crippen molar-refractivity contribution in [3.63, 3.8) is 0 Å². The fourth-order valence-corrected chi connectivity index (χ4v) is 6.10. The number of unbranched alkanes of at least 4 members (excludes halogenated alkanes) is 1. The third-order valence-corrected chi connectivity index (χ3v) is 8.25. The van der Waals surface area contributed by atoms with Crippen LogP contribution >= 0.6 is 11.6 Å². The van der Waals surface area contributed by atoms with Crippen LogP contribution in [-0.4, -0.2) is 41.5 Å². The van der Waals surface area contributed by atoms with Crippen molar-refractivity contribution in [1.29, 1.82) is 0 Å². The Morgan fingerprint density at radius 1 is 1.02 bits per heavy atom. The van der Waals surface area contributed by atoms with Crippen LogP contribution in [0.25, 0.3) is 11.0 Å². The molecule has 0 radical (unpaired) electrons. The number of hydrogen-bond donors (Lipinski definition) is 1. The van der Waals surface area contributed by atoms with Crippen LogP contribution < -0.4 is 4.90 Å². The molecule has 40 heavy (non-hydrogen) atoms. The summed E-state index contributed by atoms with van der Waals surface area (Å²) in [6.45, 7) is 5.31. The van der Waals surface area contributed by atoms with Crippen LogP contribution in [0.5, 0.6) is 0 Å². The van der Waals surface area contributed by atoms with Gasteiger partial charge in [0.1, 0.15) is 5.58 Å². The number of furan rings is 1. The molecule has 3 aromatic carbocycles. The Balaban J connectivity index is 1.52. The molecule has 208 valence electrons. The van der Waals surface area contributed by atoms with Gasteiger partial charge < -0.3 is 14.4 Å². The van der Waals surface area contributed by atoms with Gasteiger partial charge in [-0.05, 0) is 65.9 Å². The van der Waals surface area contributed by atoms with Crippen LogP contribution in [0.4, 0.5) is 5.69 Å². The molecule has 1 saturated heterocycles. The first-order chi connectivity index (χ1) is 19.4. The molecule has 1 N–H and O–H groups in total. The summed E-state index contributed by atoms with van der Waals surface area (Å²) >= 11 is 6.28. The number of rotatable bonds is 10. The number of halogens is 1. The highest BCUT2D eigenvalue weighted by molar-refractivity contribution is 6.30. The van der Waals surface area contributed by atoms with Crippen molar-refractivity contribution in [2.45, 2.75) is 45.1 Å². The molecule has 1 aliphatic heterocycles. The lowest BCUT2D eigenvalue weighted by atomic mass is 9.82. The molecular formula is C33H35ClN2O4. The molecule has 0 bridgehead atoms. The Morgan fingerprint density at radius 3 is 2.50 bits per heavy atom. The van der Waals surface area contributed by atoms with Gasteiger partial charge in [-0.1, -0.05) is 68.3 Å². The summed E-state index contributed by atoms with van der Waals surface area (Å²) in [6.07, 6.45) is 4.34. The number of hydrogen-bond acceptors (Lipinski definition) is 4. The second-order valence-corrected chi connectivity index (χ2v) is 11.0. The van der Waals surface area contributed by atoms with Crippen LogP contribution in [0.15, 0.2) is 83.5 Å². The smallest absolute Gasteiger partial charge is 0.309 e. The second kappa shape index (κ2) is 12.3. The van der Waals surface area contributed by atoms with Gasteiger partial charge in [-0.3, -0.25) is 14.5 Å². The molecule has 0 spiro atoms. The number of likely N-dealkylation sites (tertiary alicyclic amines) is 1. The number of fused-ring (bicyclic) bond motifs is 1. The van der Waals surface area contributed by atoms with Gasteiger partial charge in [0.05, 0.1) is 18.7 Å². The quantitative estimate of drug-likeness (QED) is 0.221. The van der Waals surface area contributed by atoms with E-state index in [9.17, 15) is 14.7 Å². The van der Waals surface area contributed by atoms with Gasteiger partial charge >= 0.3 is 5.97 Å². The third kappa shape index (κ3) is 5.79. The van der Waals surface area contributed by atoms with Crippen molar-refractivity contribution in [3.8, 4) is 0 Å². The van der Waals surface area contributed by atoms with Crippen molar-refractivity contribution in [2.24, 2.45) is 5.92 Å². The highest BCUT2D eigenvalue weighted by Crippen LogP contribution is 2.46. The number of amides is 1. The molecule has 1 amide bonds. The van der Waals surface area contributed by atoms with E-state index in [0.29, 0.717) is 18.1 Å². The molecular weight excluding hydrogens is 524 g/mol. The second-order valence-electron chi connectivity index (χ2n) is 10.5. The number of carbonyl (C=O) groups excluding carboxylic acids is 1. The summed E-state index contributed by atoms with van der Waals surface area (Å²) in [4.78, 5) is 30.7. The summed E-state index contributed by atoms with van der Waals surface area (Å²) in [6, 6.07) is 22.8. The lowest BCUT2D eigenvalue weighted by Crippen LogP contribution is -2.41. The van der Waals surface area contributed by atoms with E-state index in [2.05, 4.69) is 30.9 Å². The molecule has 0 aliphatic carbocycles. The molecule has 3 atom stereocenters. The predicted molar refractivity (Wildman–Crippen MR) is 159 cm³/mol. The number of benzene rings is 3. The van der Waals surface area contributed by atoms with E-state index < -0.39 is 17.9 Å². The molecule has 4 aromatic rings. The maximum atomic E-state index is 13.9. The monoisotopic (exact) mass is 558 g/mol. The molecule has 1 fully saturated rings. The third-order valence-electron chi connectivity index (χ3n) is 8.01. The Morgan fingerprint density at radius 2 is 1.80 bits per heavy atom. The first-order valence-electron chi connectivity index (χ1n) is 14.0. The van der Waals surface area contributed by atoms with Crippen molar-refractivity contribution in [3.05, 3.63) is 101 Å². The topological polar surface area (TPSA) is 74.0 Å². The van der Waals surface area contributed by atoms with Crippen molar-refractivity contribution in [2.75, 3.05) is 24.5 Å². The van der Waals surface area contributed by atoms with Gasteiger partial charge in [-0.25, -0.2) is 0 Å². The van der Waals surface area contributed by atoms with Crippen LogP contribution in [-0.2, 0) is 16.0 Å². The zero-order valence-electron chi connectivity index (χ0n) is 22.9. The van der Waals surface area contributed by atoms with Gasteiger partial charge in [0.25, 0.3) is 0 Å². The Kier molecular flexibility index (Phi) is 8.57. The van der Waals surface area contributed by atoms with E-state index in [-0.39, 0.29) is 18.4 Å². The van der Waals surface area contributed by atoms with E-state index >= 15 is 0 Å². The van der Waals surface area contributed by atoms with E-state index in [1.165, 1.54) is 5.56 Å². The zero-order chi connectivity index (χ0) is 28.2. The fraction of sp³-hybridized carbons (Fsp3) is 0.333. The molecule has 1 aromatic heterocycles. The summed E-state index contributed by atoms with van der Waals surface area (Å²) in [5, 5.41) is 12.1. The molecule has 0 saturated carbocycles. The van der Waals surface area contributed by atoms with Crippen LogP contribution in [0.1, 0.15) is 55.3 Å². The lowest BCUT2D eigenvalue weighted by Gasteiger charge is -2.30. The maximum absolute atomic E-state index is 13.9. The van der Waals surface area contributed by atoms with E-state index in [1.807, 2.05) is 54.6 Å². The standard InChI is InChI=1S/C33H35ClN2O4/c1-3-5-16-36(27-8-6-7-26(34)19-27)30(37)21-35-20-28(24-13-14-29-25(18-24)15-17-40-29)31(33(38)39)32(35)23-11-9-22(4-2)10-12-23/h6-15,17-19,28,31-32H,3-5,16,20-21H2,1-2H3,(H,38,39). The highest BCUT2D eigenvalue weighted by Gasteiger charge is 2.48. The summed E-state index contributed by atoms with van der Waals surface area (Å²) < 4.78 is 5.52. The Hall–Kier alpha value is -3.61. The first-order valence-corrected chi connectivity index (χ1v) is 14.4. The summed E-state index contributed by atoms with van der Waals surface area (Å²) in [7, 11) is 0. The molecule has 7 heteroatoms. The molecule has 3 unspecified atom stereocenters. The minimum Gasteiger partial charge on any atom is -0.481 e. The molecule has 5 rings (SSSR count). The molecule has 2 heterocycles. The summed E-state index contributed by atoms with van der Waals surface area (Å²) in [5.74, 6) is -1.95. The predicted octanol–water partition coefficient (Wildman–Crippen LogP) is 7.32. The number of nitrogens with zero attached hydrogens (tertiary/aromatic N) is 2. The number of carboxylic acid groups (broad SMARTS) is 1. The maximum Gasteiger partial charge on any atom is 0.309 e. The van der Waals surface area contributed by atoms with Gasteiger partial charge in [-0.2, -0.15) is 0 Å². The normalized spacial score (nSPS) is 19.2. The highest BCUT2D eigenvalue weighted by atomic mass is 35.5. The number of aryl methyl sites for hydroxylation is 1. The van der Waals surface area contributed by atoms with E-state index in [1.54, 1.807) is 17.2 Å². The van der Waals surface area contributed by atoms with Crippen LogP contribution in [0.2, 0.25) is 5.02 Å².